The number of rotatable bonds is 3. The fourth-order valence-electron chi connectivity index (χ4n) is 3.03. The maximum Gasteiger partial charge on any atom is 0.192 e. The van der Waals surface area contributed by atoms with Crippen LogP contribution in [0.5, 0.6) is 0 Å². The Morgan fingerprint density at radius 1 is 1.26 bits per heavy atom. The number of benzene rings is 1. The van der Waals surface area contributed by atoms with Crippen molar-refractivity contribution in [1.82, 2.24) is 9.36 Å². The Morgan fingerprint density at radius 3 is 2.63 bits per heavy atom. The van der Waals surface area contributed by atoms with E-state index in [9.17, 15) is 4.79 Å². The number of aromatic nitrogens is 2. The Labute approximate surface area is 164 Å². The Bertz CT molecular complexity index is 1020. The summed E-state index contributed by atoms with van der Waals surface area (Å²) in [6.07, 6.45) is 6.93. The van der Waals surface area contributed by atoms with E-state index in [0.717, 1.165) is 16.4 Å². The number of aldehydes is 1. The first-order valence-electron chi connectivity index (χ1n) is 8.97. The van der Waals surface area contributed by atoms with Gasteiger partial charge in [0.1, 0.15) is 0 Å². The number of carbonyl (C=O) groups excluding carboxylic acids is 1. The van der Waals surface area contributed by atoms with Crippen LogP contribution >= 0.6 is 11.5 Å². The van der Waals surface area contributed by atoms with Crippen molar-refractivity contribution in [1.29, 1.82) is 0 Å². The molecule has 1 fully saturated rings. The summed E-state index contributed by atoms with van der Waals surface area (Å²) in [5.41, 5.74) is 5.49. The smallest absolute Gasteiger partial charge is 0.192 e. The van der Waals surface area contributed by atoms with Crippen LogP contribution < -0.4 is 4.90 Å². The minimum atomic E-state index is 0.569. The summed E-state index contributed by atoms with van der Waals surface area (Å²) < 4.78 is 5.81. The van der Waals surface area contributed by atoms with Crippen molar-refractivity contribution in [2.75, 3.05) is 11.9 Å². The van der Waals surface area contributed by atoms with E-state index in [1.807, 2.05) is 12.4 Å². The zero-order valence-corrected chi connectivity index (χ0v) is 16.9. The van der Waals surface area contributed by atoms with Crippen molar-refractivity contribution in [2.45, 2.75) is 39.5 Å². The summed E-state index contributed by atoms with van der Waals surface area (Å²) in [4.78, 5) is 15.7. The summed E-state index contributed by atoms with van der Waals surface area (Å²) >= 11 is 1.52. The van der Waals surface area contributed by atoms with Crippen molar-refractivity contribution >= 4 is 39.4 Å². The third-order valence-electron chi connectivity index (χ3n) is 4.80. The van der Waals surface area contributed by atoms with E-state index >= 15 is 0 Å². The highest BCUT2D eigenvalue weighted by Gasteiger charge is 2.28. The van der Waals surface area contributed by atoms with Gasteiger partial charge in [-0.3, -0.25) is 9.78 Å². The molecule has 0 aliphatic heterocycles. The third-order valence-corrected chi connectivity index (χ3v) is 5.58. The summed E-state index contributed by atoms with van der Waals surface area (Å²) in [5.74, 6) is 6.34. The molecule has 1 saturated carbocycles. The van der Waals surface area contributed by atoms with Crippen molar-refractivity contribution in [3.63, 3.8) is 0 Å². The van der Waals surface area contributed by atoms with E-state index in [-0.39, 0.29) is 0 Å². The first kappa shape index (κ1) is 19.1. The third kappa shape index (κ3) is 4.17. The molecule has 0 amide bonds. The van der Waals surface area contributed by atoms with Gasteiger partial charge in [-0.1, -0.05) is 12.0 Å². The molecular weight excluding hydrogens is 354 g/mol. The maximum absolute atomic E-state index is 9.23. The molecule has 1 aliphatic carbocycles. The van der Waals surface area contributed by atoms with E-state index in [1.54, 1.807) is 6.92 Å². The van der Waals surface area contributed by atoms with Crippen LogP contribution in [0.3, 0.4) is 0 Å². The lowest BCUT2D eigenvalue weighted by molar-refractivity contribution is -0.103. The first-order valence-corrected chi connectivity index (χ1v) is 9.74. The maximum atomic E-state index is 9.23. The molecule has 0 spiro atoms. The van der Waals surface area contributed by atoms with Gasteiger partial charge in [-0.05, 0) is 85.8 Å². The van der Waals surface area contributed by atoms with Crippen LogP contribution in [0.4, 0.5) is 11.5 Å². The van der Waals surface area contributed by atoms with Crippen LogP contribution in [-0.4, -0.2) is 22.7 Å². The highest BCUT2D eigenvalue weighted by molar-refractivity contribution is 7.13. The van der Waals surface area contributed by atoms with Crippen molar-refractivity contribution in [2.24, 2.45) is 0 Å². The first-order chi connectivity index (χ1) is 13.1. The number of carbonyl (C=O) groups is 1. The summed E-state index contributed by atoms with van der Waals surface area (Å²) in [5, 5.41) is 1.18. The average molecular weight is 378 g/mol. The van der Waals surface area contributed by atoms with Gasteiger partial charge < -0.3 is 4.90 Å². The molecule has 0 unspecified atom stereocenters. The molecule has 138 valence electrons. The molecule has 0 radical (unpaired) electrons. The van der Waals surface area contributed by atoms with E-state index in [1.165, 1.54) is 52.1 Å². The summed E-state index contributed by atoms with van der Waals surface area (Å²) in [6.45, 7) is 6.01. The van der Waals surface area contributed by atoms with Gasteiger partial charge >= 0.3 is 0 Å². The number of hydrogen-bond donors (Lipinski definition) is 0. The molecule has 0 bridgehead atoms. The second kappa shape index (κ2) is 8.32. The molecule has 27 heavy (non-hydrogen) atoms. The number of nitrogens with zero attached hydrogens (tertiary/aromatic N) is 3. The van der Waals surface area contributed by atoms with Gasteiger partial charge in [0, 0.05) is 30.5 Å². The van der Waals surface area contributed by atoms with Crippen molar-refractivity contribution in [3.8, 4) is 11.8 Å². The second-order valence-corrected chi connectivity index (χ2v) is 7.52. The normalized spacial score (nSPS) is 12.6. The second-order valence-electron chi connectivity index (χ2n) is 6.72. The number of anilines is 2. The van der Waals surface area contributed by atoms with Crippen LogP contribution in [0.1, 0.15) is 42.4 Å². The molecular formula is C22H23N3OS. The Morgan fingerprint density at radius 2 is 2.00 bits per heavy atom. The van der Waals surface area contributed by atoms with Crippen LogP contribution in [0.15, 0.2) is 30.6 Å². The standard InChI is InChI=1S/C18H19N3S.C4H4O/c1-11-8-15(13-4-5-13)16(9-12(11)2)21(3)18-14-6-7-19-10-17(14)22-20-18;1-2-3-4-5/h6-10,13H,4-5H2,1-3H3;4H,1H3. The van der Waals surface area contributed by atoms with Gasteiger partial charge in [0.25, 0.3) is 0 Å². The van der Waals surface area contributed by atoms with Crippen molar-refractivity contribution in [3.05, 3.63) is 47.3 Å². The number of fused-ring (bicyclic) bond motifs is 1. The number of pyridine rings is 1. The molecule has 1 aliphatic rings. The predicted octanol–water partition coefficient (Wildman–Crippen LogP) is 5.16. The van der Waals surface area contributed by atoms with Gasteiger partial charge in [0.2, 0.25) is 0 Å². The number of hydrogen-bond acceptors (Lipinski definition) is 5. The van der Waals surface area contributed by atoms with Crippen LogP contribution in [-0.2, 0) is 4.79 Å². The highest BCUT2D eigenvalue weighted by Crippen LogP contribution is 2.46. The lowest BCUT2D eigenvalue weighted by Crippen LogP contribution is -2.13. The molecule has 4 nitrogen and oxygen atoms in total. The molecule has 3 aromatic rings. The predicted molar refractivity (Wildman–Crippen MR) is 113 cm³/mol. The SMILES string of the molecule is CC#CC=O.Cc1cc(C2CC2)c(N(C)c2nsc3cnccc23)cc1C. The fraction of sp³-hybridized carbons (Fsp3) is 0.318. The van der Waals surface area contributed by atoms with E-state index < -0.39 is 0 Å². The van der Waals surface area contributed by atoms with Gasteiger partial charge in [-0.15, -0.1) is 0 Å². The molecule has 1 aromatic carbocycles. The van der Waals surface area contributed by atoms with Crippen LogP contribution in [0.25, 0.3) is 10.1 Å². The molecule has 0 saturated heterocycles. The Kier molecular flexibility index (Phi) is 5.88. The van der Waals surface area contributed by atoms with Gasteiger partial charge in [0.05, 0.1) is 4.70 Å². The molecule has 5 heteroatoms. The number of aryl methyl sites for hydroxylation is 2. The zero-order chi connectivity index (χ0) is 19.4. The lowest BCUT2D eigenvalue weighted by Gasteiger charge is -2.22. The topological polar surface area (TPSA) is 46.1 Å². The minimum absolute atomic E-state index is 0.569. The summed E-state index contributed by atoms with van der Waals surface area (Å²) in [6, 6.07) is 6.74. The lowest BCUT2D eigenvalue weighted by atomic mass is 10.00. The van der Waals surface area contributed by atoms with E-state index in [4.69, 9.17) is 0 Å². The van der Waals surface area contributed by atoms with E-state index in [2.05, 4.69) is 65.2 Å². The average Bonchev–Trinajstić information content (AvgIpc) is 3.43. The highest BCUT2D eigenvalue weighted by atomic mass is 32.1. The molecule has 4 rings (SSSR count). The van der Waals surface area contributed by atoms with E-state index in [0.29, 0.717) is 6.29 Å². The largest absolute Gasteiger partial charge is 0.328 e. The van der Waals surface area contributed by atoms with Gasteiger partial charge in [-0.25, -0.2) is 0 Å². The minimum Gasteiger partial charge on any atom is -0.328 e. The zero-order valence-electron chi connectivity index (χ0n) is 16.1. The molecule has 2 heterocycles. The molecule has 0 N–H and O–H groups in total. The fourth-order valence-corrected chi connectivity index (χ4v) is 3.80. The summed E-state index contributed by atoms with van der Waals surface area (Å²) in [7, 11) is 2.13. The van der Waals surface area contributed by atoms with Crippen LogP contribution in [0.2, 0.25) is 0 Å². The quantitative estimate of drug-likeness (QED) is 0.467. The van der Waals surface area contributed by atoms with Gasteiger partial charge in [-0.2, -0.15) is 4.37 Å². The molecule has 2 aromatic heterocycles. The Balaban J connectivity index is 0.000000376. The van der Waals surface area contributed by atoms with Crippen molar-refractivity contribution < 1.29 is 4.79 Å². The van der Waals surface area contributed by atoms with Gasteiger partial charge in [0.15, 0.2) is 12.1 Å². The monoisotopic (exact) mass is 377 g/mol. The van der Waals surface area contributed by atoms with Crippen LogP contribution in [0, 0.1) is 25.7 Å². The Hall–Kier alpha value is -2.71. The molecule has 0 atom stereocenters.